The summed E-state index contributed by atoms with van der Waals surface area (Å²) < 4.78 is 10.2. The number of benzene rings is 4. The summed E-state index contributed by atoms with van der Waals surface area (Å²) in [5.41, 5.74) is 4.00. The van der Waals surface area contributed by atoms with Gasteiger partial charge < -0.3 is 14.3 Å². The van der Waals surface area contributed by atoms with Crippen molar-refractivity contribution in [1.29, 1.82) is 0 Å². The lowest BCUT2D eigenvalue weighted by atomic mass is 10.1. The monoisotopic (exact) mass is 663 g/mol. The second-order valence-corrected chi connectivity index (χ2v) is 11.6. The average Bonchev–Trinajstić information content (AvgIpc) is 3.56. The highest BCUT2D eigenvalue weighted by Crippen LogP contribution is 2.30. The normalized spacial score (nSPS) is 11.7. The molecule has 1 N–H and O–H groups in total. The number of rotatable bonds is 6. The van der Waals surface area contributed by atoms with E-state index < -0.39 is 0 Å². The Balaban J connectivity index is 1.32. The number of halogens is 2. The Morgan fingerprint density at radius 2 is 1.75 bits per heavy atom. The summed E-state index contributed by atoms with van der Waals surface area (Å²) in [6.45, 7) is 2.01. The molecule has 0 spiro atoms. The molecule has 0 aliphatic carbocycles. The largest absolute Gasteiger partial charge is 0.453 e. The van der Waals surface area contributed by atoms with Crippen molar-refractivity contribution in [2.45, 2.75) is 13.5 Å². The number of fused-ring (bicyclic) bond motifs is 3. The molecular formula is C34H23BrClN5O3. The van der Waals surface area contributed by atoms with Gasteiger partial charge in [0.1, 0.15) is 12.1 Å². The van der Waals surface area contributed by atoms with E-state index in [0.29, 0.717) is 33.0 Å². The fraction of sp³-hybridized carbons (Fsp3) is 0.0588. The Kier molecular flexibility index (Phi) is 7.12. The zero-order valence-electron chi connectivity index (χ0n) is 23.3. The van der Waals surface area contributed by atoms with E-state index in [4.69, 9.17) is 26.1 Å². The third-order valence-electron chi connectivity index (χ3n) is 7.46. The Morgan fingerprint density at radius 1 is 1.00 bits per heavy atom. The van der Waals surface area contributed by atoms with Gasteiger partial charge in [-0.2, -0.15) is 9.78 Å². The molecule has 0 bridgehead atoms. The maximum absolute atomic E-state index is 13.8. The van der Waals surface area contributed by atoms with Crippen molar-refractivity contribution in [2.24, 2.45) is 5.10 Å². The molecule has 0 aliphatic rings. The van der Waals surface area contributed by atoms with Gasteiger partial charge in [-0.3, -0.25) is 9.59 Å². The van der Waals surface area contributed by atoms with Gasteiger partial charge in [0.2, 0.25) is 11.7 Å². The fourth-order valence-electron chi connectivity index (χ4n) is 5.33. The molecule has 0 fully saturated rings. The number of aromatic nitrogens is 3. The second-order valence-electron chi connectivity index (χ2n) is 10.3. The molecule has 7 aromatic rings. The van der Waals surface area contributed by atoms with Gasteiger partial charge in [0, 0.05) is 42.7 Å². The maximum atomic E-state index is 13.8. The number of amides is 1. The van der Waals surface area contributed by atoms with Gasteiger partial charge >= 0.3 is 0 Å². The predicted octanol–water partition coefficient (Wildman–Crippen LogP) is 8.01. The Hall–Kier alpha value is -4.99. The molecule has 0 saturated carbocycles. The lowest BCUT2D eigenvalue weighted by Crippen LogP contribution is -2.20. The van der Waals surface area contributed by atoms with Crippen LogP contribution in [0, 0.1) is 6.92 Å². The van der Waals surface area contributed by atoms with Crippen LogP contribution in [0.3, 0.4) is 0 Å². The van der Waals surface area contributed by atoms with E-state index in [9.17, 15) is 9.59 Å². The van der Waals surface area contributed by atoms with Crippen LogP contribution in [0.5, 0.6) is 0 Å². The molecular weight excluding hydrogens is 642 g/mol. The lowest BCUT2D eigenvalue weighted by Gasteiger charge is -2.10. The Labute approximate surface area is 264 Å². The fourth-order valence-corrected chi connectivity index (χ4v) is 5.84. The van der Waals surface area contributed by atoms with Crippen molar-refractivity contribution in [3.8, 4) is 11.6 Å². The summed E-state index contributed by atoms with van der Waals surface area (Å²) in [5.74, 6) is 0.505. The van der Waals surface area contributed by atoms with Gasteiger partial charge in [0.25, 0.3) is 5.56 Å². The summed E-state index contributed by atoms with van der Waals surface area (Å²) in [4.78, 5) is 31.6. The SMILES string of the molecule is Cc1c(C=Nn2c(-c3cc4cc(Br)ccc4o3)nc3ccccc3c2=O)c2ccccc2n1CC(=O)Nc1ccc(Cl)cc1. The minimum Gasteiger partial charge on any atom is -0.453 e. The number of nitrogens with one attached hydrogen (secondary N) is 1. The van der Waals surface area contributed by atoms with Crippen LogP contribution in [-0.2, 0) is 11.3 Å². The third-order valence-corrected chi connectivity index (χ3v) is 8.21. The molecule has 0 aliphatic heterocycles. The van der Waals surface area contributed by atoms with E-state index in [1.165, 1.54) is 4.68 Å². The number of carbonyl (C=O) groups is 1. The number of nitrogens with zero attached hydrogens (tertiary/aromatic N) is 4. The topological polar surface area (TPSA) is 94.4 Å². The zero-order valence-corrected chi connectivity index (χ0v) is 25.6. The van der Waals surface area contributed by atoms with Crippen molar-refractivity contribution in [3.05, 3.63) is 128 Å². The summed E-state index contributed by atoms with van der Waals surface area (Å²) >= 11 is 9.49. The minimum absolute atomic E-state index is 0.0834. The highest BCUT2D eigenvalue weighted by atomic mass is 79.9. The molecule has 3 heterocycles. The first-order valence-corrected chi connectivity index (χ1v) is 14.9. The van der Waals surface area contributed by atoms with Crippen LogP contribution >= 0.6 is 27.5 Å². The lowest BCUT2D eigenvalue weighted by molar-refractivity contribution is -0.116. The van der Waals surface area contributed by atoms with Crippen LogP contribution in [0.4, 0.5) is 5.69 Å². The first-order chi connectivity index (χ1) is 21.4. The van der Waals surface area contributed by atoms with E-state index in [1.54, 1.807) is 48.7 Å². The van der Waals surface area contributed by atoms with Crippen molar-refractivity contribution >= 4 is 78.1 Å². The number of carbonyl (C=O) groups excluding carboxylic acids is 1. The highest BCUT2D eigenvalue weighted by Gasteiger charge is 2.19. The van der Waals surface area contributed by atoms with Crippen molar-refractivity contribution in [2.75, 3.05) is 5.32 Å². The number of anilines is 1. The number of furan rings is 1. The van der Waals surface area contributed by atoms with E-state index in [-0.39, 0.29) is 23.8 Å². The zero-order chi connectivity index (χ0) is 30.4. The van der Waals surface area contributed by atoms with Gasteiger partial charge in [0.05, 0.1) is 17.1 Å². The summed E-state index contributed by atoms with van der Waals surface area (Å²) in [5, 5.41) is 10.4. The van der Waals surface area contributed by atoms with Gasteiger partial charge in [0.15, 0.2) is 5.76 Å². The van der Waals surface area contributed by atoms with E-state index in [2.05, 4.69) is 21.2 Å². The predicted molar refractivity (Wildman–Crippen MR) is 179 cm³/mol. The van der Waals surface area contributed by atoms with Crippen LogP contribution in [0.25, 0.3) is 44.4 Å². The molecule has 7 rings (SSSR count). The van der Waals surface area contributed by atoms with Gasteiger partial charge in [-0.1, -0.05) is 57.9 Å². The van der Waals surface area contributed by atoms with Gasteiger partial charge in [-0.15, -0.1) is 0 Å². The molecule has 3 aromatic heterocycles. The molecule has 8 nitrogen and oxygen atoms in total. The van der Waals surface area contributed by atoms with Crippen LogP contribution in [-0.4, -0.2) is 26.3 Å². The first kappa shape index (κ1) is 27.8. The summed E-state index contributed by atoms with van der Waals surface area (Å²) in [6.07, 6.45) is 1.64. The molecule has 0 atom stereocenters. The molecule has 10 heteroatoms. The van der Waals surface area contributed by atoms with Crippen LogP contribution < -0.4 is 10.9 Å². The Morgan fingerprint density at radius 3 is 2.57 bits per heavy atom. The molecule has 1 amide bonds. The number of hydrogen-bond donors (Lipinski definition) is 1. The van der Waals surface area contributed by atoms with Crippen molar-refractivity contribution < 1.29 is 9.21 Å². The molecule has 4 aromatic carbocycles. The standard InChI is InChI=1S/C34H23BrClN5O3/c1-20-27(25-6-3-5-9-29(25)40(20)19-32(42)38-24-13-11-23(36)12-14-24)18-37-41-33(39-28-8-4-2-7-26(28)34(41)43)31-17-21-16-22(35)10-15-30(21)44-31/h2-18H,19H2,1H3,(H,38,42). The van der Waals surface area contributed by atoms with Gasteiger partial charge in [-0.25, -0.2) is 4.98 Å². The summed E-state index contributed by atoms with van der Waals surface area (Å²) in [7, 11) is 0. The van der Waals surface area contributed by atoms with Gasteiger partial charge in [-0.05, 0) is 73.7 Å². The molecule has 0 saturated heterocycles. The van der Waals surface area contributed by atoms with E-state index >= 15 is 0 Å². The number of hydrogen-bond acceptors (Lipinski definition) is 5. The molecule has 216 valence electrons. The summed E-state index contributed by atoms with van der Waals surface area (Å²) in [6, 6.07) is 29.4. The van der Waals surface area contributed by atoms with Crippen LogP contribution in [0.2, 0.25) is 5.02 Å². The quantitative estimate of drug-likeness (QED) is 0.182. The Bertz CT molecular complexity index is 2320. The number of para-hydroxylation sites is 2. The smallest absolute Gasteiger partial charge is 0.282 e. The molecule has 0 unspecified atom stereocenters. The van der Waals surface area contributed by atoms with Crippen molar-refractivity contribution in [1.82, 2.24) is 14.2 Å². The van der Waals surface area contributed by atoms with Crippen molar-refractivity contribution in [3.63, 3.8) is 0 Å². The molecule has 0 radical (unpaired) electrons. The van der Waals surface area contributed by atoms with Crippen LogP contribution in [0.15, 0.2) is 116 Å². The van der Waals surface area contributed by atoms with Crippen LogP contribution in [0.1, 0.15) is 11.3 Å². The molecule has 44 heavy (non-hydrogen) atoms. The average molecular weight is 665 g/mol. The van der Waals surface area contributed by atoms with E-state index in [1.807, 2.05) is 66.1 Å². The maximum Gasteiger partial charge on any atom is 0.282 e. The van der Waals surface area contributed by atoms with E-state index in [0.717, 1.165) is 32.0 Å². The second kappa shape index (κ2) is 11.3. The minimum atomic E-state index is -0.327. The first-order valence-electron chi connectivity index (χ1n) is 13.7. The third kappa shape index (κ3) is 5.10. The highest BCUT2D eigenvalue weighted by molar-refractivity contribution is 9.10.